The first-order valence-electron chi connectivity index (χ1n) is 6.60. The molecule has 0 amide bonds. The molecule has 19 heavy (non-hydrogen) atoms. The van der Waals surface area contributed by atoms with Crippen LogP contribution in [0.15, 0.2) is 12.1 Å². The van der Waals surface area contributed by atoms with Gasteiger partial charge in [-0.1, -0.05) is 12.1 Å². The van der Waals surface area contributed by atoms with Crippen molar-refractivity contribution in [1.82, 2.24) is 0 Å². The van der Waals surface area contributed by atoms with Gasteiger partial charge in [0.05, 0.1) is 12.5 Å². The molecule has 0 aliphatic carbocycles. The Bertz CT molecular complexity index is 461. The van der Waals surface area contributed by atoms with Crippen LogP contribution in [0.3, 0.4) is 0 Å². The third-order valence-electron chi connectivity index (χ3n) is 3.68. The minimum absolute atomic E-state index is 0.144. The number of aliphatic hydroxyl groups is 1. The van der Waals surface area contributed by atoms with Gasteiger partial charge < -0.3 is 9.84 Å². The number of hydrogen-bond acceptors (Lipinski definition) is 3. The van der Waals surface area contributed by atoms with E-state index in [-0.39, 0.29) is 12.6 Å². The first kappa shape index (κ1) is 15.7. The van der Waals surface area contributed by atoms with Gasteiger partial charge in [-0.05, 0) is 62.8 Å². The van der Waals surface area contributed by atoms with Crippen molar-refractivity contribution in [2.45, 2.75) is 40.5 Å². The molecule has 106 valence electrons. The Morgan fingerprint density at radius 2 is 1.95 bits per heavy atom. The zero-order valence-corrected chi connectivity index (χ0v) is 12.5. The first-order valence-corrected chi connectivity index (χ1v) is 6.60. The van der Waals surface area contributed by atoms with Crippen molar-refractivity contribution in [3.05, 3.63) is 34.4 Å². The zero-order valence-electron chi connectivity index (χ0n) is 12.5. The Hall–Kier alpha value is -1.35. The van der Waals surface area contributed by atoms with Gasteiger partial charge >= 0.3 is 5.97 Å². The van der Waals surface area contributed by atoms with E-state index in [1.54, 1.807) is 0 Å². The number of aliphatic hydroxyl groups excluding tert-OH is 1. The maximum absolute atomic E-state index is 11.8. The van der Waals surface area contributed by atoms with E-state index in [0.29, 0.717) is 12.8 Å². The summed E-state index contributed by atoms with van der Waals surface area (Å²) in [6.07, 6.45) is 1.30. The number of hydrogen-bond donors (Lipinski definition) is 1. The summed E-state index contributed by atoms with van der Waals surface area (Å²) in [5, 5.41) is 9.14. The fourth-order valence-corrected chi connectivity index (χ4v) is 2.45. The number of rotatable bonds is 5. The number of carbonyl (C=O) groups is 1. The number of methoxy groups -OCH3 is 1. The zero-order chi connectivity index (χ0) is 14.6. The van der Waals surface area contributed by atoms with Crippen LogP contribution in [0.5, 0.6) is 0 Å². The average Bonchev–Trinajstić information content (AvgIpc) is 2.36. The molecular weight excluding hydrogens is 240 g/mol. The molecule has 0 saturated carbocycles. The van der Waals surface area contributed by atoms with Crippen LogP contribution in [-0.4, -0.2) is 24.8 Å². The van der Waals surface area contributed by atoms with Gasteiger partial charge in [-0.3, -0.25) is 4.79 Å². The van der Waals surface area contributed by atoms with E-state index < -0.39 is 5.41 Å². The van der Waals surface area contributed by atoms with Crippen LogP contribution in [0, 0.1) is 19.3 Å². The summed E-state index contributed by atoms with van der Waals surface area (Å²) in [7, 11) is 1.42. The van der Waals surface area contributed by atoms with E-state index in [1.165, 1.54) is 23.8 Å². The second kappa shape index (κ2) is 6.20. The molecule has 1 N–H and O–H groups in total. The maximum atomic E-state index is 11.8. The smallest absolute Gasteiger partial charge is 0.311 e. The van der Waals surface area contributed by atoms with Crippen molar-refractivity contribution in [2.75, 3.05) is 13.7 Å². The summed E-state index contributed by atoms with van der Waals surface area (Å²) >= 11 is 0. The molecule has 0 aliphatic rings. The van der Waals surface area contributed by atoms with Crippen molar-refractivity contribution >= 4 is 5.97 Å². The van der Waals surface area contributed by atoms with Gasteiger partial charge in [0.15, 0.2) is 0 Å². The van der Waals surface area contributed by atoms with E-state index in [0.717, 1.165) is 5.56 Å². The summed E-state index contributed by atoms with van der Waals surface area (Å²) in [6, 6.07) is 4.12. The highest BCUT2D eigenvalue weighted by Gasteiger charge is 2.29. The van der Waals surface area contributed by atoms with Crippen LogP contribution in [-0.2, 0) is 22.4 Å². The molecule has 0 aromatic heterocycles. The van der Waals surface area contributed by atoms with Crippen LogP contribution in [0.25, 0.3) is 0 Å². The minimum Gasteiger partial charge on any atom is -0.469 e. The van der Waals surface area contributed by atoms with Crippen LogP contribution in [0.1, 0.15) is 36.1 Å². The van der Waals surface area contributed by atoms with Crippen LogP contribution in [0.4, 0.5) is 0 Å². The summed E-state index contributed by atoms with van der Waals surface area (Å²) in [4.78, 5) is 11.8. The van der Waals surface area contributed by atoms with E-state index in [9.17, 15) is 4.79 Å². The lowest BCUT2D eigenvalue weighted by Gasteiger charge is -2.23. The fraction of sp³-hybridized carbons (Fsp3) is 0.562. The lowest BCUT2D eigenvalue weighted by molar-refractivity contribution is -0.150. The molecule has 1 rings (SSSR count). The van der Waals surface area contributed by atoms with Crippen LogP contribution >= 0.6 is 0 Å². The average molecular weight is 264 g/mol. The molecule has 1 aromatic carbocycles. The van der Waals surface area contributed by atoms with Crippen molar-refractivity contribution in [1.29, 1.82) is 0 Å². The molecule has 0 heterocycles. The standard InChI is InChI=1S/C16H24O3/c1-11-6-7-13(12(2)14(11)8-9-17)10-16(3,4)15(18)19-5/h6-7,17H,8-10H2,1-5H3. The highest BCUT2D eigenvalue weighted by atomic mass is 16.5. The van der Waals surface area contributed by atoms with Crippen LogP contribution < -0.4 is 0 Å². The monoisotopic (exact) mass is 264 g/mol. The molecule has 0 atom stereocenters. The van der Waals surface area contributed by atoms with E-state index in [4.69, 9.17) is 9.84 Å². The molecule has 0 unspecified atom stereocenters. The van der Waals surface area contributed by atoms with Crippen molar-refractivity contribution in [3.63, 3.8) is 0 Å². The lowest BCUT2D eigenvalue weighted by atomic mass is 9.82. The van der Waals surface area contributed by atoms with Gasteiger partial charge in [0, 0.05) is 6.61 Å². The second-order valence-corrected chi connectivity index (χ2v) is 5.67. The fourth-order valence-electron chi connectivity index (χ4n) is 2.45. The SMILES string of the molecule is COC(=O)C(C)(C)Cc1ccc(C)c(CCO)c1C. The molecule has 0 fully saturated rings. The lowest BCUT2D eigenvalue weighted by Crippen LogP contribution is -2.28. The Balaban J connectivity index is 3.09. The highest BCUT2D eigenvalue weighted by molar-refractivity contribution is 5.76. The van der Waals surface area contributed by atoms with Crippen molar-refractivity contribution in [2.24, 2.45) is 5.41 Å². The summed E-state index contributed by atoms with van der Waals surface area (Å²) in [6.45, 7) is 8.03. The van der Waals surface area contributed by atoms with Gasteiger partial charge in [0.25, 0.3) is 0 Å². The van der Waals surface area contributed by atoms with Gasteiger partial charge in [0.2, 0.25) is 0 Å². The van der Waals surface area contributed by atoms with Crippen molar-refractivity contribution < 1.29 is 14.6 Å². The van der Waals surface area contributed by atoms with E-state index in [2.05, 4.69) is 19.1 Å². The Morgan fingerprint density at radius 3 is 2.47 bits per heavy atom. The molecular formula is C16H24O3. The second-order valence-electron chi connectivity index (χ2n) is 5.67. The Labute approximate surface area is 115 Å². The molecule has 3 heteroatoms. The number of esters is 1. The topological polar surface area (TPSA) is 46.5 Å². The number of carbonyl (C=O) groups excluding carboxylic acids is 1. The van der Waals surface area contributed by atoms with Gasteiger partial charge in [-0.25, -0.2) is 0 Å². The van der Waals surface area contributed by atoms with Crippen molar-refractivity contribution in [3.8, 4) is 0 Å². The molecule has 0 saturated heterocycles. The summed E-state index contributed by atoms with van der Waals surface area (Å²) in [5.41, 5.74) is 4.15. The predicted octanol–water partition coefficient (Wildman–Crippen LogP) is 2.58. The molecule has 0 bridgehead atoms. The summed E-state index contributed by atoms with van der Waals surface area (Å²) in [5.74, 6) is -0.198. The van der Waals surface area contributed by atoms with Crippen LogP contribution in [0.2, 0.25) is 0 Å². The third-order valence-corrected chi connectivity index (χ3v) is 3.68. The van der Waals surface area contributed by atoms with E-state index in [1.807, 2.05) is 20.8 Å². The molecule has 0 spiro atoms. The summed E-state index contributed by atoms with van der Waals surface area (Å²) < 4.78 is 4.85. The highest BCUT2D eigenvalue weighted by Crippen LogP contribution is 2.28. The number of benzene rings is 1. The molecule has 3 nitrogen and oxygen atoms in total. The van der Waals surface area contributed by atoms with E-state index >= 15 is 0 Å². The molecule has 0 aliphatic heterocycles. The van der Waals surface area contributed by atoms with Gasteiger partial charge in [0.1, 0.15) is 0 Å². The minimum atomic E-state index is -0.536. The predicted molar refractivity (Wildman–Crippen MR) is 76.2 cm³/mol. The first-order chi connectivity index (χ1) is 8.83. The molecule has 1 aromatic rings. The number of ether oxygens (including phenoxy) is 1. The Kier molecular flexibility index (Phi) is 5.12. The quantitative estimate of drug-likeness (QED) is 0.831. The third kappa shape index (κ3) is 3.57. The largest absolute Gasteiger partial charge is 0.469 e. The van der Waals surface area contributed by atoms with Gasteiger partial charge in [-0.2, -0.15) is 0 Å². The van der Waals surface area contributed by atoms with Gasteiger partial charge in [-0.15, -0.1) is 0 Å². The maximum Gasteiger partial charge on any atom is 0.311 e. The Morgan fingerprint density at radius 1 is 1.32 bits per heavy atom. The normalized spacial score (nSPS) is 11.5. The molecule has 0 radical (unpaired) electrons. The number of aryl methyl sites for hydroxylation is 1.